The standard InChI is InChI=1S/C14H20FN/c1-2-16-14(9-11-3-4-11)10-12-5-7-13(15)8-6-12/h5-8,11,14,16H,2-4,9-10H2,1H3. The van der Waals surface area contributed by atoms with Gasteiger partial charge in [-0.2, -0.15) is 0 Å². The summed E-state index contributed by atoms with van der Waals surface area (Å²) in [4.78, 5) is 0. The molecule has 1 aliphatic rings. The molecule has 0 spiro atoms. The van der Waals surface area contributed by atoms with Gasteiger partial charge in [-0.25, -0.2) is 4.39 Å². The van der Waals surface area contributed by atoms with Crippen molar-refractivity contribution in [1.82, 2.24) is 5.32 Å². The van der Waals surface area contributed by atoms with E-state index in [0.717, 1.165) is 18.9 Å². The van der Waals surface area contributed by atoms with Crippen molar-refractivity contribution in [3.05, 3.63) is 35.6 Å². The topological polar surface area (TPSA) is 12.0 Å². The van der Waals surface area contributed by atoms with E-state index in [1.54, 1.807) is 12.1 Å². The van der Waals surface area contributed by atoms with Crippen molar-refractivity contribution in [3.63, 3.8) is 0 Å². The van der Waals surface area contributed by atoms with E-state index >= 15 is 0 Å². The quantitative estimate of drug-likeness (QED) is 0.778. The van der Waals surface area contributed by atoms with Crippen LogP contribution in [0.2, 0.25) is 0 Å². The zero-order chi connectivity index (χ0) is 11.4. The molecule has 2 rings (SSSR count). The lowest BCUT2D eigenvalue weighted by Crippen LogP contribution is -2.31. The molecule has 2 heteroatoms. The van der Waals surface area contributed by atoms with Crippen molar-refractivity contribution in [1.29, 1.82) is 0 Å². The second-order valence-corrected chi connectivity index (χ2v) is 4.76. The van der Waals surface area contributed by atoms with E-state index in [9.17, 15) is 4.39 Å². The summed E-state index contributed by atoms with van der Waals surface area (Å²) < 4.78 is 12.8. The average Bonchev–Trinajstić information content (AvgIpc) is 3.06. The Morgan fingerprint density at radius 1 is 1.31 bits per heavy atom. The summed E-state index contributed by atoms with van der Waals surface area (Å²) in [6.07, 6.45) is 5.08. The lowest BCUT2D eigenvalue weighted by atomic mass is 10.0. The van der Waals surface area contributed by atoms with Gasteiger partial charge in [0.05, 0.1) is 0 Å². The lowest BCUT2D eigenvalue weighted by molar-refractivity contribution is 0.466. The normalized spacial score (nSPS) is 17.4. The van der Waals surface area contributed by atoms with E-state index in [-0.39, 0.29) is 5.82 Å². The molecule has 88 valence electrons. The number of hydrogen-bond donors (Lipinski definition) is 1. The highest BCUT2D eigenvalue weighted by molar-refractivity contribution is 5.17. The Balaban J connectivity index is 1.90. The third kappa shape index (κ3) is 3.60. The van der Waals surface area contributed by atoms with Gasteiger partial charge in [-0.15, -0.1) is 0 Å². The predicted molar refractivity (Wildman–Crippen MR) is 64.9 cm³/mol. The van der Waals surface area contributed by atoms with Crippen molar-refractivity contribution in [3.8, 4) is 0 Å². The van der Waals surface area contributed by atoms with E-state index in [0.29, 0.717) is 6.04 Å². The molecule has 1 atom stereocenters. The van der Waals surface area contributed by atoms with Gasteiger partial charge in [-0.1, -0.05) is 31.9 Å². The van der Waals surface area contributed by atoms with Crippen LogP contribution in [0.25, 0.3) is 0 Å². The van der Waals surface area contributed by atoms with Gasteiger partial charge in [-0.05, 0) is 43.0 Å². The smallest absolute Gasteiger partial charge is 0.123 e. The molecule has 1 aromatic carbocycles. The van der Waals surface area contributed by atoms with E-state index in [1.807, 2.05) is 12.1 Å². The molecule has 0 bridgehead atoms. The van der Waals surface area contributed by atoms with Crippen LogP contribution in [0.15, 0.2) is 24.3 Å². The van der Waals surface area contributed by atoms with E-state index in [1.165, 1.54) is 24.8 Å². The molecule has 0 heterocycles. The minimum absolute atomic E-state index is 0.147. The van der Waals surface area contributed by atoms with Gasteiger partial charge in [0.2, 0.25) is 0 Å². The maximum atomic E-state index is 12.8. The van der Waals surface area contributed by atoms with Gasteiger partial charge in [0.15, 0.2) is 0 Å². The van der Waals surface area contributed by atoms with Crippen molar-refractivity contribution < 1.29 is 4.39 Å². The highest BCUT2D eigenvalue weighted by Crippen LogP contribution is 2.34. The second kappa shape index (κ2) is 5.44. The molecule has 1 unspecified atom stereocenters. The highest BCUT2D eigenvalue weighted by atomic mass is 19.1. The van der Waals surface area contributed by atoms with Crippen LogP contribution < -0.4 is 5.32 Å². The van der Waals surface area contributed by atoms with Crippen molar-refractivity contribution >= 4 is 0 Å². The number of halogens is 1. The van der Waals surface area contributed by atoms with Crippen LogP contribution in [0.1, 0.15) is 31.7 Å². The van der Waals surface area contributed by atoms with Crippen LogP contribution in [0.3, 0.4) is 0 Å². The van der Waals surface area contributed by atoms with Gasteiger partial charge in [0, 0.05) is 6.04 Å². The zero-order valence-corrected chi connectivity index (χ0v) is 9.88. The van der Waals surface area contributed by atoms with Crippen molar-refractivity contribution in [2.24, 2.45) is 5.92 Å². The molecular formula is C14H20FN. The summed E-state index contributed by atoms with van der Waals surface area (Å²) in [7, 11) is 0. The molecule has 0 radical (unpaired) electrons. The fourth-order valence-corrected chi connectivity index (χ4v) is 2.19. The Morgan fingerprint density at radius 3 is 2.56 bits per heavy atom. The van der Waals surface area contributed by atoms with Crippen molar-refractivity contribution in [2.45, 2.75) is 38.6 Å². The van der Waals surface area contributed by atoms with Gasteiger partial charge >= 0.3 is 0 Å². The van der Waals surface area contributed by atoms with Crippen LogP contribution in [0.4, 0.5) is 4.39 Å². The molecule has 1 aliphatic carbocycles. The fourth-order valence-electron chi connectivity index (χ4n) is 2.19. The summed E-state index contributed by atoms with van der Waals surface area (Å²) in [6, 6.07) is 7.45. The maximum absolute atomic E-state index is 12.8. The van der Waals surface area contributed by atoms with Crippen LogP contribution >= 0.6 is 0 Å². The third-order valence-electron chi connectivity index (χ3n) is 3.20. The van der Waals surface area contributed by atoms with E-state index < -0.39 is 0 Å². The van der Waals surface area contributed by atoms with Crippen LogP contribution in [-0.2, 0) is 6.42 Å². The third-order valence-corrected chi connectivity index (χ3v) is 3.20. The monoisotopic (exact) mass is 221 g/mol. The number of rotatable bonds is 6. The van der Waals surface area contributed by atoms with Crippen LogP contribution in [0.5, 0.6) is 0 Å². The Morgan fingerprint density at radius 2 is 2.00 bits per heavy atom. The first kappa shape index (κ1) is 11.6. The van der Waals surface area contributed by atoms with Crippen molar-refractivity contribution in [2.75, 3.05) is 6.54 Å². The molecule has 0 aliphatic heterocycles. The van der Waals surface area contributed by atoms with E-state index in [2.05, 4.69) is 12.2 Å². The lowest BCUT2D eigenvalue weighted by Gasteiger charge is -2.17. The molecule has 1 nitrogen and oxygen atoms in total. The molecule has 1 aromatic rings. The van der Waals surface area contributed by atoms with Crippen LogP contribution in [0, 0.1) is 11.7 Å². The Bertz CT molecular complexity index is 316. The average molecular weight is 221 g/mol. The Hall–Kier alpha value is -0.890. The van der Waals surface area contributed by atoms with Crippen LogP contribution in [-0.4, -0.2) is 12.6 Å². The van der Waals surface area contributed by atoms with Gasteiger partial charge in [0.25, 0.3) is 0 Å². The fraction of sp³-hybridized carbons (Fsp3) is 0.571. The maximum Gasteiger partial charge on any atom is 0.123 e. The summed E-state index contributed by atoms with van der Waals surface area (Å²) in [5, 5.41) is 3.52. The largest absolute Gasteiger partial charge is 0.314 e. The first-order valence-electron chi connectivity index (χ1n) is 6.25. The Labute approximate surface area is 97.1 Å². The molecule has 1 fully saturated rings. The minimum atomic E-state index is -0.147. The Kier molecular flexibility index (Phi) is 3.94. The summed E-state index contributed by atoms with van der Waals surface area (Å²) in [6.45, 7) is 3.16. The first-order valence-corrected chi connectivity index (χ1v) is 6.25. The molecule has 1 saturated carbocycles. The van der Waals surface area contributed by atoms with Gasteiger partial charge in [-0.3, -0.25) is 0 Å². The highest BCUT2D eigenvalue weighted by Gasteiger charge is 2.25. The first-order chi connectivity index (χ1) is 7.78. The second-order valence-electron chi connectivity index (χ2n) is 4.76. The number of benzene rings is 1. The summed E-state index contributed by atoms with van der Waals surface area (Å²) >= 11 is 0. The number of hydrogen-bond acceptors (Lipinski definition) is 1. The molecule has 1 N–H and O–H groups in total. The number of nitrogens with one attached hydrogen (secondary N) is 1. The SMILES string of the molecule is CCNC(Cc1ccc(F)cc1)CC1CC1. The molecule has 0 aromatic heterocycles. The summed E-state index contributed by atoms with van der Waals surface area (Å²) in [5.74, 6) is 0.787. The van der Waals surface area contributed by atoms with Gasteiger partial charge < -0.3 is 5.32 Å². The molecule has 0 saturated heterocycles. The predicted octanol–water partition coefficient (Wildman–Crippen LogP) is 3.15. The zero-order valence-electron chi connectivity index (χ0n) is 9.88. The number of likely N-dealkylation sites (N-methyl/N-ethyl adjacent to an activating group) is 1. The minimum Gasteiger partial charge on any atom is -0.314 e. The van der Waals surface area contributed by atoms with Gasteiger partial charge in [0.1, 0.15) is 5.82 Å². The molecule has 0 amide bonds. The summed E-state index contributed by atoms with van der Waals surface area (Å²) in [5.41, 5.74) is 1.23. The molecule has 16 heavy (non-hydrogen) atoms. The van der Waals surface area contributed by atoms with E-state index in [4.69, 9.17) is 0 Å². The molecular weight excluding hydrogens is 201 g/mol.